The molecule has 0 aliphatic heterocycles. The van der Waals surface area contributed by atoms with Crippen LogP contribution >= 0.6 is 46.6 Å². The predicted molar refractivity (Wildman–Crippen MR) is 122 cm³/mol. The second-order valence-corrected chi connectivity index (χ2v) is 8.26. The molecule has 0 aliphatic rings. The van der Waals surface area contributed by atoms with Gasteiger partial charge in [0.1, 0.15) is 18.2 Å². The average Bonchev–Trinajstić information content (AvgIpc) is 3.10. The zero-order chi connectivity index (χ0) is 22.4. The van der Waals surface area contributed by atoms with E-state index in [9.17, 15) is 9.18 Å². The number of thioether (sulfide) groups is 1. The summed E-state index contributed by atoms with van der Waals surface area (Å²) in [7, 11) is 0. The maximum atomic E-state index is 13.2. The summed E-state index contributed by atoms with van der Waals surface area (Å²) in [5.41, 5.74) is 0.356. The van der Waals surface area contributed by atoms with Crippen LogP contribution in [0.1, 0.15) is 5.82 Å². The van der Waals surface area contributed by atoms with Gasteiger partial charge in [0.05, 0.1) is 26.5 Å². The molecule has 6 nitrogen and oxygen atoms in total. The summed E-state index contributed by atoms with van der Waals surface area (Å²) in [5.74, 6) is 0.117. The molecular formula is C20H16Cl3FN4O2S. The van der Waals surface area contributed by atoms with Crippen LogP contribution in [0.3, 0.4) is 0 Å². The first-order valence-electron chi connectivity index (χ1n) is 8.86. The van der Waals surface area contributed by atoms with Crippen molar-refractivity contribution in [1.82, 2.24) is 14.8 Å². The summed E-state index contributed by atoms with van der Waals surface area (Å²) < 4.78 is 20.6. The third kappa shape index (κ3) is 6.13. The van der Waals surface area contributed by atoms with Crippen molar-refractivity contribution in [2.24, 2.45) is 0 Å². The maximum absolute atomic E-state index is 13.2. The number of halogens is 4. The molecule has 0 unspecified atom stereocenters. The summed E-state index contributed by atoms with van der Waals surface area (Å²) in [6, 6.07) is 8.81. The minimum Gasteiger partial charge on any atom is -0.484 e. The van der Waals surface area contributed by atoms with Gasteiger partial charge in [-0.05, 0) is 30.3 Å². The van der Waals surface area contributed by atoms with Gasteiger partial charge in [-0.3, -0.25) is 9.36 Å². The topological polar surface area (TPSA) is 69.0 Å². The highest BCUT2D eigenvalue weighted by atomic mass is 35.5. The van der Waals surface area contributed by atoms with Crippen molar-refractivity contribution in [1.29, 1.82) is 0 Å². The summed E-state index contributed by atoms with van der Waals surface area (Å²) in [4.78, 5) is 12.3. The fourth-order valence-electron chi connectivity index (χ4n) is 2.50. The second-order valence-electron chi connectivity index (χ2n) is 6.10. The van der Waals surface area contributed by atoms with Crippen molar-refractivity contribution in [2.45, 2.75) is 18.3 Å². The number of amides is 1. The number of hydrogen-bond donors (Lipinski definition) is 1. The van der Waals surface area contributed by atoms with Gasteiger partial charge in [-0.15, -0.1) is 16.8 Å². The summed E-state index contributed by atoms with van der Waals surface area (Å²) >= 11 is 19.3. The first-order valence-corrected chi connectivity index (χ1v) is 11.0. The fraction of sp³-hybridized carbons (Fsp3) is 0.150. The predicted octanol–water partition coefficient (Wildman–Crippen LogP) is 5.87. The molecule has 0 aliphatic carbocycles. The molecule has 1 N–H and O–H groups in total. The molecule has 0 saturated heterocycles. The molecule has 0 saturated carbocycles. The van der Waals surface area contributed by atoms with Crippen LogP contribution < -0.4 is 10.1 Å². The van der Waals surface area contributed by atoms with Crippen LogP contribution in [-0.4, -0.2) is 26.4 Å². The molecule has 0 bridgehead atoms. The van der Waals surface area contributed by atoms with E-state index in [4.69, 9.17) is 39.5 Å². The number of anilines is 1. The van der Waals surface area contributed by atoms with Crippen molar-refractivity contribution in [3.8, 4) is 5.75 Å². The average molecular weight is 502 g/mol. The second kappa shape index (κ2) is 10.9. The third-order valence-electron chi connectivity index (χ3n) is 3.92. The number of carbonyl (C=O) groups is 1. The minimum atomic E-state index is -0.456. The summed E-state index contributed by atoms with van der Waals surface area (Å²) in [5, 5.41) is 12.3. The molecule has 1 amide bonds. The Labute approximate surface area is 197 Å². The van der Waals surface area contributed by atoms with Crippen LogP contribution in [0.15, 0.2) is 54.2 Å². The van der Waals surface area contributed by atoms with Crippen LogP contribution in [-0.2, 0) is 17.9 Å². The Kier molecular flexibility index (Phi) is 8.20. The number of allylic oxidation sites excluding steroid dienone is 1. The number of rotatable bonds is 9. The largest absolute Gasteiger partial charge is 0.484 e. The molecule has 0 spiro atoms. The van der Waals surface area contributed by atoms with E-state index in [1.807, 2.05) is 0 Å². The molecule has 3 rings (SSSR count). The van der Waals surface area contributed by atoms with Crippen molar-refractivity contribution in [3.63, 3.8) is 0 Å². The van der Waals surface area contributed by atoms with Gasteiger partial charge in [0.15, 0.2) is 11.0 Å². The number of carbonyl (C=O) groups excluding carboxylic acids is 1. The lowest BCUT2D eigenvalue weighted by atomic mass is 10.3. The quantitative estimate of drug-likeness (QED) is 0.293. The Bertz CT molecular complexity index is 1090. The number of nitrogens with one attached hydrogen (secondary N) is 1. The van der Waals surface area contributed by atoms with Gasteiger partial charge in [0, 0.05) is 6.54 Å². The number of ether oxygens (including phenoxy) is 1. The Balaban J connectivity index is 1.65. The van der Waals surface area contributed by atoms with Crippen molar-refractivity contribution in [3.05, 3.63) is 75.8 Å². The van der Waals surface area contributed by atoms with Gasteiger partial charge >= 0.3 is 0 Å². The van der Waals surface area contributed by atoms with Crippen LogP contribution in [0.25, 0.3) is 0 Å². The molecule has 11 heteroatoms. The number of aromatic nitrogens is 3. The van der Waals surface area contributed by atoms with Gasteiger partial charge in [-0.1, -0.05) is 58.7 Å². The van der Waals surface area contributed by atoms with Crippen molar-refractivity contribution >= 4 is 58.2 Å². The first-order chi connectivity index (χ1) is 14.9. The van der Waals surface area contributed by atoms with E-state index in [0.717, 1.165) is 6.07 Å². The normalized spacial score (nSPS) is 10.7. The molecule has 1 aromatic heterocycles. The molecule has 0 atom stereocenters. The number of para-hydroxylation sites is 1. The summed E-state index contributed by atoms with van der Waals surface area (Å²) in [6.45, 7) is 4.19. The highest BCUT2D eigenvalue weighted by molar-refractivity contribution is 7.99. The zero-order valence-electron chi connectivity index (χ0n) is 15.9. The van der Waals surface area contributed by atoms with E-state index in [1.165, 1.54) is 23.9 Å². The van der Waals surface area contributed by atoms with Crippen molar-refractivity contribution < 1.29 is 13.9 Å². The highest BCUT2D eigenvalue weighted by Crippen LogP contribution is 2.30. The Morgan fingerprint density at radius 1 is 1.19 bits per heavy atom. The maximum Gasteiger partial charge on any atom is 0.234 e. The van der Waals surface area contributed by atoms with E-state index >= 15 is 0 Å². The van der Waals surface area contributed by atoms with E-state index < -0.39 is 5.82 Å². The molecule has 2 aromatic carbocycles. The smallest absolute Gasteiger partial charge is 0.234 e. The Hall–Kier alpha value is -2.26. The van der Waals surface area contributed by atoms with E-state index in [2.05, 4.69) is 22.1 Å². The number of benzene rings is 2. The lowest BCUT2D eigenvalue weighted by molar-refractivity contribution is -0.113. The van der Waals surface area contributed by atoms with Crippen LogP contribution in [0.5, 0.6) is 5.75 Å². The fourth-order valence-corrected chi connectivity index (χ4v) is 3.98. The van der Waals surface area contributed by atoms with Crippen molar-refractivity contribution in [2.75, 3.05) is 11.1 Å². The summed E-state index contributed by atoms with van der Waals surface area (Å²) in [6.07, 6.45) is 1.67. The standard InChI is InChI=1S/C20H16Cl3FN4O2S/c1-2-8-28-17(10-30-16-7-6-12(24)9-15(16)23)26-27-20(28)31-11-18(29)25-19-13(21)4-3-5-14(19)22/h2-7,9H,1,8,10-11H2,(H,25,29). The minimum absolute atomic E-state index is 0.0498. The lowest BCUT2D eigenvalue weighted by Crippen LogP contribution is -2.15. The molecule has 0 radical (unpaired) electrons. The Morgan fingerprint density at radius 3 is 2.61 bits per heavy atom. The SMILES string of the molecule is C=CCn1c(COc2ccc(F)cc2Cl)nnc1SCC(=O)Nc1c(Cl)cccc1Cl. The van der Waals surface area contributed by atoms with Crippen LogP contribution in [0.2, 0.25) is 15.1 Å². The van der Waals surface area contributed by atoms with E-state index in [0.29, 0.717) is 39.0 Å². The molecule has 162 valence electrons. The molecular weight excluding hydrogens is 486 g/mol. The van der Waals surface area contributed by atoms with Crippen LogP contribution in [0.4, 0.5) is 10.1 Å². The van der Waals surface area contributed by atoms with E-state index in [-0.39, 0.29) is 23.3 Å². The van der Waals surface area contributed by atoms with Gasteiger partial charge in [-0.25, -0.2) is 4.39 Å². The molecule has 0 fully saturated rings. The monoisotopic (exact) mass is 500 g/mol. The van der Waals surface area contributed by atoms with Gasteiger partial charge in [-0.2, -0.15) is 0 Å². The van der Waals surface area contributed by atoms with Gasteiger partial charge in [0.2, 0.25) is 5.91 Å². The van der Waals surface area contributed by atoms with Gasteiger partial charge in [0.25, 0.3) is 0 Å². The molecule has 1 heterocycles. The molecule has 3 aromatic rings. The lowest BCUT2D eigenvalue weighted by Gasteiger charge is -2.11. The Morgan fingerprint density at radius 2 is 1.94 bits per heavy atom. The van der Waals surface area contributed by atoms with Gasteiger partial charge < -0.3 is 10.1 Å². The highest BCUT2D eigenvalue weighted by Gasteiger charge is 2.16. The first kappa shape index (κ1) is 23.4. The number of nitrogens with zero attached hydrogens (tertiary/aromatic N) is 3. The van der Waals surface area contributed by atoms with Crippen LogP contribution in [0, 0.1) is 5.82 Å². The molecule has 31 heavy (non-hydrogen) atoms. The zero-order valence-corrected chi connectivity index (χ0v) is 19.0. The number of hydrogen-bond acceptors (Lipinski definition) is 5. The third-order valence-corrected chi connectivity index (χ3v) is 5.81. The van der Waals surface area contributed by atoms with E-state index in [1.54, 1.807) is 28.8 Å².